The SMILES string of the molecule is CC(O)CNc1cc(=O)n(C)c(N)n1. The zero-order chi connectivity index (χ0) is 10.7. The van der Waals surface area contributed by atoms with Gasteiger partial charge in [0.2, 0.25) is 5.95 Å². The van der Waals surface area contributed by atoms with Crippen molar-refractivity contribution in [2.24, 2.45) is 7.05 Å². The van der Waals surface area contributed by atoms with Crippen LogP contribution in [0.5, 0.6) is 0 Å². The van der Waals surface area contributed by atoms with Crippen molar-refractivity contribution < 1.29 is 5.11 Å². The van der Waals surface area contributed by atoms with Gasteiger partial charge < -0.3 is 16.2 Å². The van der Waals surface area contributed by atoms with Crippen molar-refractivity contribution in [1.29, 1.82) is 0 Å². The summed E-state index contributed by atoms with van der Waals surface area (Å²) in [6, 6.07) is 1.33. The van der Waals surface area contributed by atoms with Gasteiger partial charge in [0.1, 0.15) is 5.82 Å². The number of nitrogens with one attached hydrogen (secondary N) is 1. The van der Waals surface area contributed by atoms with Gasteiger partial charge in [-0.3, -0.25) is 9.36 Å². The maximum absolute atomic E-state index is 11.2. The molecule has 0 aliphatic heterocycles. The van der Waals surface area contributed by atoms with Crippen molar-refractivity contribution in [2.45, 2.75) is 13.0 Å². The molecule has 6 nitrogen and oxygen atoms in total. The van der Waals surface area contributed by atoms with Gasteiger partial charge in [0, 0.05) is 19.7 Å². The highest BCUT2D eigenvalue weighted by Gasteiger charge is 2.02. The second-order valence-corrected chi connectivity index (χ2v) is 3.13. The predicted octanol–water partition coefficient (Wildman–Crippen LogP) is -0.845. The molecule has 0 fully saturated rings. The molecular formula is C8H14N4O2. The van der Waals surface area contributed by atoms with Crippen LogP contribution in [0.2, 0.25) is 0 Å². The predicted molar refractivity (Wildman–Crippen MR) is 54.1 cm³/mol. The molecule has 1 atom stereocenters. The lowest BCUT2D eigenvalue weighted by Gasteiger charge is -2.09. The molecule has 0 saturated heterocycles. The fourth-order valence-corrected chi connectivity index (χ4v) is 0.900. The number of nitrogen functional groups attached to an aromatic ring is 1. The number of anilines is 2. The molecule has 1 heterocycles. The fourth-order valence-electron chi connectivity index (χ4n) is 0.900. The fraction of sp³-hybridized carbons (Fsp3) is 0.500. The highest BCUT2D eigenvalue weighted by atomic mass is 16.3. The van der Waals surface area contributed by atoms with Crippen LogP contribution in [0.15, 0.2) is 10.9 Å². The summed E-state index contributed by atoms with van der Waals surface area (Å²) in [6.07, 6.45) is -0.498. The molecule has 1 unspecified atom stereocenters. The number of nitrogens with two attached hydrogens (primary N) is 1. The van der Waals surface area contributed by atoms with Gasteiger partial charge >= 0.3 is 0 Å². The smallest absolute Gasteiger partial charge is 0.256 e. The molecule has 78 valence electrons. The van der Waals surface area contributed by atoms with Crippen molar-refractivity contribution >= 4 is 11.8 Å². The minimum absolute atomic E-state index is 0.144. The first-order chi connectivity index (χ1) is 6.50. The van der Waals surface area contributed by atoms with Gasteiger partial charge in [-0.2, -0.15) is 4.98 Å². The number of aromatic nitrogens is 2. The van der Waals surface area contributed by atoms with Crippen molar-refractivity contribution in [2.75, 3.05) is 17.6 Å². The van der Waals surface area contributed by atoms with E-state index < -0.39 is 6.10 Å². The normalized spacial score (nSPS) is 12.5. The van der Waals surface area contributed by atoms with Gasteiger partial charge in [-0.05, 0) is 6.92 Å². The van der Waals surface area contributed by atoms with Gasteiger partial charge in [0.15, 0.2) is 0 Å². The van der Waals surface area contributed by atoms with Crippen LogP contribution in [-0.4, -0.2) is 27.3 Å². The van der Waals surface area contributed by atoms with E-state index in [1.807, 2.05) is 0 Å². The second-order valence-electron chi connectivity index (χ2n) is 3.13. The van der Waals surface area contributed by atoms with Crippen molar-refractivity contribution in [3.05, 3.63) is 16.4 Å². The van der Waals surface area contributed by atoms with Gasteiger partial charge in [-0.1, -0.05) is 0 Å². The maximum atomic E-state index is 11.2. The largest absolute Gasteiger partial charge is 0.392 e. The van der Waals surface area contributed by atoms with Crippen LogP contribution in [0, 0.1) is 0 Å². The molecule has 0 aliphatic rings. The standard InChI is InChI=1S/C8H14N4O2/c1-5(13)4-10-6-3-7(14)12(2)8(9)11-6/h3,5,10,13H,4H2,1-2H3,(H2,9,11). The molecule has 0 aromatic carbocycles. The number of aliphatic hydroxyl groups excluding tert-OH is 1. The Bertz CT molecular complexity index is 372. The van der Waals surface area contributed by atoms with Crippen LogP contribution in [0.25, 0.3) is 0 Å². The van der Waals surface area contributed by atoms with E-state index in [-0.39, 0.29) is 11.5 Å². The molecule has 1 rings (SSSR count). The summed E-state index contributed by atoms with van der Waals surface area (Å²) in [5, 5.41) is 11.8. The van der Waals surface area contributed by atoms with Crippen molar-refractivity contribution in [3.63, 3.8) is 0 Å². The van der Waals surface area contributed by atoms with Crippen LogP contribution in [0.4, 0.5) is 11.8 Å². The number of nitrogens with zero attached hydrogens (tertiary/aromatic N) is 2. The van der Waals surface area contributed by atoms with Crippen molar-refractivity contribution in [3.8, 4) is 0 Å². The van der Waals surface area contributed by atoms with E-state index in [0.717, 1.165) is 0 Å². The Labute approximate surface area is 81.4 Å². The molecule has 4 N–H and O–H groups in total. The molecule has 0 saturated carbocycles. The molecule has 0 bridgehead atoms. The molecule has 0 radical (unpaired) electrons. The summed E-state index contributed by atoms with van der Waals surface area (Å²) in [5.41, 5.74) is 5.25. The summed E-state index contributed by atoms with van der Waals surface area (Å²) in [6.45, 7) is 1.97. The van der Waals surface area contributed by atoms with Gasteiger partial charge in [0.25, 0.3) is 5.56 Å². The Morgan fingerprint density at radius 2 is 2.43 bits per heavy atom. The molecule has 0 spiro atoms. The third-order valence-corrected chi connectivity index (χ3v) is 1.75. The molecule has 0 aliphatic carbocycles. The summed E-state index contributed by atoms with van der Waals surface area (Å²) >= 11 is 0. The van der Waals surface area contributed by atoms with Crippen LogP contribution in [0.3, 0.4) is 0 Å². The Balaban J connectivity index is 2.85. The average molecular weight is 198 g/mol. The van der Waals surface area contributed by atoms with Crippen LogP contribution in [-0.2, 0) is 7.05 Å². The van der Waals surface area contributed by atoms with Gasteiger partial charge in [0.05, 0.1) is 6.10 Å². The Kier molecular flexibility index (Phi) is 3.08. The summed E-state index contributed by atoms with van der Waals surface area (Å²) in [7, 11) is 1.54. The molecule has 0 amide bonds. The first-order valence-corrected chi connectivity index (χ1v) is 4.26. The summed E-state index contributed by atoms with van der Waals surface area (Å²) < 4.78 is 1.24. The summed E-state index contributed by atoms with van der Waals surface area (Å²) in [4.78, 5) is 15.2. The lowest BCUT2D eigenvalue weighted by atomic mass is 10.4. The Morgan fingerprint density at radius 1 is 1.79 bits per heavy atom. The van der Waals surface area contributed by atoms with Crippen molar-refractivity contribution in [1.82, 2.24) is 9.55 Å². The average Bonchev–Trinajstić information content (AvgIpc) is 2.10. The number of aliphatic hydroxyl groups is 1. The van der Waals surface area contributed by atoms with Gasteiger partial charge in [-0.15, -0.1) is 0 Å². The highest BCUT2D eigenvalue weighted by Crippen LogP contribution is 2.01. The van der Waals surface area contributed by atoms with E-state index in [2.05, 4.69) is 10.3 Å². The molecule has 1 aromatic heterocycles. The minimum Gasteiger partial charge on any atom is -0.392 e. The van der Waals surface area contributed by atoms with Crippen LogP contribution < -0.4 is 16.6 Å². The molecule has 1 aromatic rings. The quantitative estimate of drug-likeness (QED) is 0.588. The second kappa shape index (κ2) is 4.10. The first-order valence-electron chi connectivity index (χ1n) is 4.26. The third kappa shape index (κ3) is 2.46. The minimum atomic E-state index is -0.498. The van der Waals surface area contributed by atoms with E-state index in [9.17, 15) is 4.79 Å². The lowest BCUT2D eigenvalue weighted by Crippen LogP contribution is -2.23. The van der Waals surface area contributed by atoms with Gasteiger partial charge in [-0.25, -0.2) is 0 Å². The van der Waals surface area contributed by atoms with E-state index in [0.29, 0.717) is 12.4 Å². The maximum Gasteiger partial charge on any atom is 0.256 e. The number of hydrogen-bond acceptors (Lipinski definition) is 5. The molecular weight excluding hydrogens is 184 g/mol. The Hall–Kier alpha value is -1.56. The number of rotatable bonds is 3. The van der Waals surface area contributed by atoms with E-state index in [1.54, 1.807) is 14.0 Å². The topological polar surface area (TPSA) is 93.2 Å². The zero-order valence-corrected chi connectivity index (χ0v) is 8.19. The van der Waals surface area contributed by atoms with E-state index in [1.165, 1.54) is 10.6 Å². The first kappa shape index (κ1) is 10.5. The zero-order valence-electron chi connectivity index (χ0n) is 8.19. The summed E-state index contributed by atoms with van der Waals surface area (Å²) in [5.74, 6) is 0.525. The molecule has 14 heavy (non-hydrogen) atoms. The van der Waals surface area contributed by atoms with E-state index in [4.69, 9.17) is 10.8 Å². The lowest BCUT2D eigenvalue weighted by molar-refractivity contribution is 0.208. The van der Waals surface area contributed by atoms with E-state index >= 15 is 0 Å². The highest BCUT2D eigenvalue weighted by molar-refractivity contribution is 5.38. The Morgan fingerprint density at radius 3 is 2.93 bits per heavy atom. The third-order valence-electron chi connectivity index (χ3n) is 1.75. The van der Waals surface area contributed by atoms with Crippen LogP contribution >= 0.6 is 0 Å². The van der Waals surface area contributed by atoms with Crippen LogP contribution in [0.1, 0.15) is 6.92 Å². The monoisotopic (exact) mass is 198 g/mol. The number of hydrogen-bond donors (Lipinski definition) is 3. The molecule has 6 heteroatoms.